The number of methoxy groups -OCH3 is 1. The van der Waals surface area contributed by atoms with Crippen LogP contribution in [0, 0.1) is 0 Å². The molecule has 1 aromatic heterocycles. The van der Waals surface area contributed by atoms with Crippen molar-refractivity contribution in [2.45, 2.75) is 5.25 Å². The highest BCUT2D eigenvalue weighted by Crippen LogP contribution is 2.32. The van der Waals surface area contributed by atoms with Crippen molar-refractivity contribution in [1.29, 1.82) is 0 Å². The molecule has 3 rings (SSSR count). The van der Waals surface area contributed by atoms with Gasteiger partial charge in [0.05, 0.1) is 12.1 Å². The van der Waals surface area contributed by atoms with E-state index >= 15 is 0 Å². The third kappa shape index (κ3) is 3.97. The Morgan fingerprint density at radius 1 is 1.28 bits per heavy atom. The molecule has 1 atom stereocenters. The summed E-state index contributed by atoms with van der Waals surface area (Å²) in [6, 6.07) is 8.32. The predicted molar refractivity (Wildman–Crippen MR) is 98.3 cm³/mol. The lowest BCUT2D eigenvalue weighted by Crippen LogP contribution is -2.44. The van der Waals surface area contributed by atoms with Gasteiger partial charge in [-0.05, 0) is 30.3 Å². The number of carbonyl (C=O) groups is 2. The van der Waals surface area contributed by atoms with E-state index < -0.39 is 0 Å². The molecule has 0 radical (unpaired) electrons. The number of rotatable bonds is 3. The first-order valence-corrected chi connectivity index (χ1v) is 9.34. The van der Waals surface area contributed by atoms with Crippen LogP contribution in [0.25, 0.3) is 11.3 Å². The van der Waals surface area contributed by atoms with Crippen LogP contribution < -0.4 is 0 Å². The zero-order chi connectivity index (χ0) is 18.0. The zero-order valence-corrected chi connectivity index (χ0v) is 15.7. The van der Waals surface area contributed by atoms with Crippen LogP contribution in [-0.4, -0.2) is 48.0 Å². The minimum Gasteiger partial charge on any atom is -0.468 e. The third-order valence-electron chi connectivity index (χ3n) is 3.83. The van der Waals surface area contributed by atoms with Crippen LogP contribution in [0.4, 0.5) is 0 Å². The first-order valence-electron chi connectivity index (χ1n) is 7.53. The van der Waals surface area contributed by atoms with E-state index in [2.05, 4.69) is 0 Å². The van der Waals surface area contributed by atoms with Gasteiger partial charge in [0.15, 0.2) is 5.76 Å². The minimum atomic E-state index is -0.375. The van der Waals surface area contributed by atoms with E-state index in [1.165, 1.54) is 18.9 Å². The summed E-state index contributed by atoms with van der Waals surface area (Å²) < 4.78 is 10.4. The average Bonchev–Trinajstić information content (AvgIpc) is 3.12. The number of thioether (sulfide) groups is 1. The second-order valence-corrected chi connectivity index (χ2v) is 7.58. The molecule has 1 fully saturated rings. The third-order valence-corrected chi connectivity index (χ3v) is 5.56. The van der Waals surface area contributed by atoms with Crippen LogP contribution in [0.1, 0.15) is 10.6 Å². The molecule has 1 saturated heterocycles. The van der Waals surface area contributed by atoms with Gasteiger partial charge >= 0.3 is 5.97 Å². The number of furan rings is 1. The molecule has 0 N–H and O–H groups in total. The van der Waals surface area contributed by atoms with Crippen LogP contribution in [0.5, 0.6) is 0 Å². The fourth-order valence-electron chi connectivity index (χ4n) is 2.55. The van der Waals surface area contributed by atoms with E-state index in [1.807, 2.05) is 0 Å². The number of esters is 1. The summed E-state index contributed by atoms with van der Waals surface area (Å²) >= 11 is 13.7. The number of benzene rings is 1. The lowest BCUT2D eigenvalue weighted by atomic mass is 10.2. The van der Waals surface area contributed by atoms with Crippen molar-refractivity contribution in [1.82, 2.24) is 4.90 Å². The normalized spacial score (nSPS) is 17.4. The van der Waals surface area contributed by atoms with Gasteiger partial charge in [-0.15, -0.1) is 11.8 Å². The molecule has 1 amide bonds. The van der Waals surface area contributed by atoms with E-state index in [9.17, 15) is 9.59 Å². The number of amides is 1. The Labute approximate surface area is 159 Å². The van der Waals surface area contributed by atoms with Crippen molar-refractivity contribution in [3.63, 3.8) is 0 Å². The highest BCUT2D eigenvalue weighted by Gasteiger charge is 2.31. The largest absolute Gasteiger partial charge is 0.468 e. The van der Waals surface area contributed by atoms with Gasteiger partial charge in [-0.25, -0.2) is 0 Å². The Balaban J connectivity index is 1.79. The molecule has 1 aliphatic heterocycles. The van der Waals surface area contributed by atoms with Crippen molar-refractivity contribution in [2.24, 2.45) is 0 Å². The lowest BCUT2D eigenvalue weighted by Gasteiger charge is -2.30. The predicted octanol–water partition coefficient (Wildman–Crippen LogP) is 3.98. The fourth-order valence-corrected chi connectivity index (χ4v) is 4.06. The van der Waals surface area contributed by atoms with Crippen LogP contribution in [-0.2, 0) is 9.53 Å². The fraction of sp³-hybridized carbons (Fsp3) is 0.294. The summed E-state index contributed by atoms with van der Waals surface area (Å²) in [7, 11) is 1.34. The van der Waals surface area contributed by atoms with Crippen molar-refractivity contribution in [2.75, 3.05) is 26.0 Å². The highest BCUT2D eigenvalue weighted by molar-refractivity contribution is 8.00. The van der Waals surface area contributed by atoms with Crippen molar-refractivity contribution in [3.05, 3.63) is 46.1 Å². The molecular formula is C17H15Cl2NO4S. The zero-order valence-electron chi connectivity index (χ0n) is 13.3. The molecule has 0 unspecified atom stereocenters. The Bertz CT molecular complexity index is 808. The second kappa shape index (κ2) is 7.72. The minimum absolute atomic E-state index is 0.196. The molecule has 2 heterocycles. The van der Waals surface area contributed by atoms with E-state index in [4.69, 9.17) is 32.4 Å². The van der Waals surface area contributed by atoms with Gasteiger partial charge in [-0.2, -0.15) is 0 Å². The second-order valence-electron chi connectivity index (χ2n) is 5.42. The molecule has 2 aromatic rings. The van der Waals surface area contributed by atoms with E-state index in [-0.39, 0.29) is 22.9 Å². The number of carbonyl (C=O) groups excluding carboxylic acids is 2. The maximum atomic E-state index is 12.7. The summed E-state index contributed by atoms with van der Waals surface area (Å²) in [6.45, 7) is 0.842. The van der Waals surface area contributed by atoms with E-state index in [1.54, 1.807) is 35.2 Å². The van der Waals surface area contributed by atoms with Crippen LogP contribution in [0.3, 0.4) is 0 Å². The number of hydrogen-bond acceptors (Lipinski definition) is 5. The smallest absolute Gasteiger partial charge is 0.320 e. The van der Waals surface area contributed by atoms with Gasteiger partial charge in [-0.3, -0.25) is 9.59 Å². The maximum Gasteiger partial charge on any atom is 0.320 e. The first kappa shape index (κ1) is 18.2. The van der Waals surface area contributed by atoms with Crippen LogP contribution in [0.15, 0.2) is 34.7 Å². The molecule has 0 bridgehead atoms. The summed E-state index contributed by atoms with van der Waals surface area (Å²) in [5.41, 5.74) is 0.620. The summed E-state index contributed by atoms with van der Waals surface area (Å²) in [4.78, 5) is 26.0. The highest BCUT2D eigenvalue weighted by atomic mass is 35.5. The van der Waals surface area contributed by atoms with Crippen LogP contribution >= 0.6 is 35.0 Å². The molecule has 132 valence electrons. The first-order chi connectivity index (χ1) is 12.0. The molecular weight excluding hydrogens is 385 g/mol. The molecule has 0 spiro atoms. The van der Waals surface area contributed by atoms with Crippen molar-refractivity contribution >= 4 is 46.8 Å². The van der Waals surface area contributed by atoms with E-state index in [0.29, 0.717) is 40.2 Å². The summed E-state index contributed by atoms with van der Waals surface area (Å²) in [6.07, 6.45) is 0. The van der Waals surface area contributed by atoms with E-state index in [0.717, 1.165) is 0 Å². The van der Waals surface area contributed by atoms with Gasteiger partial charge in [0, 0.05) is 29.4 Å². The van der Waals surface area contributed by atoms with Crippen molar-refractivity contribution < 1.29 is 18.7 Å². The van der Waals surface area contributed by atoms with Gasteiger partial charge in [0.1, 0.15) is 11.0 Å². The number of ether oxygens (including phenoxy) is 1. The standard InChI is InChI=1S/C17H15Cl2NO4S/c1-23-17(22)15-9-20(6-7-25-15)16(21)14-5-4-13(24-14)11-8-10(18)2-3-12(11)19/h2-5,8,15H,6-7,9H2,1H3/t15-/m0/s1. The Morgan fingerprint density at radius 3 is 2.84 bits per heavy atom. The Morgan fingerprint density at radius 2 is 2.08 bits per heavy atom. The Hall–Kier alpha value is -1.63. The SMILES string of the molecule is COC(=O)[C@@H]1CN(C(=O)c2ccc(-c3cc(Cl)ccc3Cl)o2)CCS1. The number of halogens is 2. The topological polar surface area (TPSA) is 59.8 Å². The molecule has 25 heavy (non-hydrogen) atoms. The number of nitrogens with zero attached hydrogens (tertiary/aromatic N) is 1. The van der Waals surface area contributed by atoms with Gasteiger partial charge in [0.25, 0.3) is 5.91 Å². The number of hydrogen-bond donors (Lipinski definition) is 0. The van der Waals surface area contributed by atoms with Crippen LogP contribution in [0.2, 0.25) is 10.0 Å². The summed E-state index contributed by atoms with van der Waals surface area (Å²) in [5.74, 6) is 0.736. The maximum absolute atomic E-state index is 12.7. The molecule has 0 aliphatic carbocycles. The van der Waals surface area contributed by atoms with Gasteiger partial charge in [0.2, 0.25) is 0 Å². The lowest BCUT2D eigenvalue weighted by molar-refractivity contribution is -0.140. The molecule has 1 aliphatic rings. The average molecular weight is 400 g/mol. The monoisotopic (exact) mass is 399 g/mol. The van der Waals surface area contributed by atoms with Gasteiger partial charge in [-0.1, -0.05) is 23.2 Å². The van der Waals surface area contributed by atoms with Gasteiger partial charge < -0.3 is 14.1 Å². The Kier molecular flexibility index (Phi) is 5.61. The van der Waals surface area contributed by atoms with Crippen molar-refractivity contribution in [3.8, 4) is 11.3 Å². The quantitative estimate of drug-likeness (QED) is 0.730. The molecule has 0 saturated carbocycles. The molecule has 1 aromatic carbocycles. The summed E-state index contributed by atoms with van der Waals surface area (Å²) in [5, 5.41) is 0.634. The molecule has 8 heteroatoms. The molecule has 5 nitrogen and oxygen atoms in total.